The first-order valence-corrected chi connectivity index (χ1v) is 5.95. The molecule has 0 radical (unpaired) electrons. The lowest BCUT2D eigenvalue weighted by molar-refractivity contribution is -0.135. The Morgan fingerprint density at radius 1 is 0.952 bits per heavy atom. The molecule has 1 aromatic rings. The average molecular weight is 290 g/mol. The molecule has 0 aromatic heterocycles. The molecule has 8 heteroatoms. The van der Waals surface area contributed by atoms with E-state index in [9.17, 15) is 24.0 Å². The Morgan fingerprint density at radius 2 is 1.38 bits per heavy atom. The van der Waals surface area contributed by atoms with Crippen molar-refractivity contribution < 1.29 is 29.1 Å². The van der Waals surface area contributed by atoms with Crippen molar-refractivity contribution in [3.05, 3.63) is 35.4 Å². The van der Waals surface area contributed by atoms with E-state index in [0.29, 0.717) is 11.1 Å². The summed E-state index contributed by atoms with van der Waals surface area (Å²) in [7, 11) is 0. The monoisotopic (exact) mass is 290 g/mol. The topological polar surface area (TPSA) is 121 Å². The normalized spacial score (nSPS) is 16.3. The smallest absolute Gasteiger partial charge is 0.421 e. The van der Waals surface area contributed by atoms with Crippen LogP contribution in [-0.2, 0) is 9.59 Å². The van der Waals surface area contributed by atoms with E-state index in [1.165, 1.54) is 0 Å². The van der Waals surface area contributed by atoms with Crippen molar-refractivity contribution in [2.75, 3.05) is 0 Å². The molecule has 2 heterocycles. The van der Waals surface area contributed by atoms with Crippen LogP contribution in [0.4, 0.5) is 4.79 Å². The van der Waals surface area contributed by atoms with Crippen LogP contribution in [0.2, 0.25) is 0 Å². The average Bonchev–Trinajstić information content (AvgIpc) is 2.92. The number of nitrogens with zero attached hydrogens (tertiary/aromatic N) is 1. The Labute approximate surface area is 118 Å². The maximum absolute atomic E-state index is 10.9. The zero-order valence-corrected chi connectivity index (χ0v) is 10.7. The number of rotatable bonds is 0. The molecule has 1 fully saturated rings. The fraction of sp³-hybridized carbons (Fsp3) is 0.154. The standard InChI is InChI=1S/C8H5NO2.C5H5NO4/c10-7-5-3-1-2-4-6(5)8(11)9-7;7-3-1-2-4(8)6(3)5(9)10/h1-4H,(H,9,10,11);1-2H2,(H,9,10). The summed E-state index contributed by atoms with van der Waals surface area (Å²) >= 11 is 0. The van der Waals surface area contributed by atoms with E-state index in [1.807, 2.05) is 0 Å². The van der Waals surface area contributed by atoms with Crippen LogP contribution in [0.3, 0.4) is 0 Å². The van der Waals surface area contributed by atoms with E-state index in [0.717, 1.165) is 0 Å². The number of carbonyl (C=O) groups is 5. The first kappa shape index (κ1) is 14.4. The number of imide groups is 4. The summed E-state index contributed by atoms with van der Waals surface area (Å²) in [6.45, 7) is 0. The van der Waals surface area contributed by atoms with Gasteiger partial charge in [-0.15, -0.1) is 0 Å². The van der Waals surface area contributed by atoms with Crippen molar-refractivity contribution >= 4 is 29.7 Å². The molecule has 0 aliphatic carbocycles. The van der Waals surface area contributed by atoms with Gasteiger partial charge in [0.05, 0.1) is 11.1 Å². The Balaban J connectivity index is 0.000000155. The summed E-state index contributed by atoms with van der Waals surface area (Å²) < 4.78 is 0. The summed E-state index contributed by atoms with van der Waals surface area (Å²) in [4.78, 5) is 53.3. The molecular weight excluding hydrogens is 280 g/mol. The van der Waals surface area contributed by atoms with Gasteiger partial charge in [0, 0.05) is 12.8 Å². The van der Waals surface area contributed by atoms with Gasteiger partial charge < -0.3 is 5.11 Å². The minimum Gasteiger partial charge on any atom is -0.464 e. The molecule has 0 bridgehead atoms. The third-order valence-corrected chi connectivity index (χ3v) is 2.89. The highest BCUT2D eigenvalue weighted by molar-refractivity contribution is 6.21. The minimum atomic E-state index is -1.48. The number of nitrogens with one attached hydrogen (secondary N) is 1. The highest BCUT2D eigenvalue weighted by Gasteiger charge is 2.34. The number of carbonyl (C=O) groups excluding carboxylic acids is 4. The third kappa shape index (κ3) is 2.78. The molecule has 2 aliphatic rings. The molecule has 5 amide bonds. The number of fused-ring (bicyclic) bond motifs is 1. The molecule has 0 spiro atoms. The molecule has 0 saturated carbocycles. The zero-order valence-electron chi connectivity index (χ0n) is 10.7. The fourth-order valence-corrected chi connectivity index (χ4v) is 1.91. The van der Waals surface area contributed by atoms with Gasteiger partial charge in [-0.3, -0.25) is 24.5 Å². The van der Waals surface area contributed by atoms with Gasteiger partial charge in [-0.25, -0.2) is 4.79 Å². The van der Waals surface area contributed by atoms with Crippen molar-refractivity contribution in [3.63, 3.8) is 0 Å². The van der Waals surface area contributed by atoms with Gasteiger partial charge in [0.1, 0.15) is 0 Å². The predicted octanol–water partition coefficient (Wildman–Crippen LogP) is 0.384. The summed E-state index contributed by atoms with van der Waals surface area (Å²) in [5.74, 6) is -1.86. The Kier molecular flexibility index (Phi) is 3.79. The van der Waals surface area contributed by atoms with E-state index >= 15 is 0 Å². The van der Waals surface area contributed by atoms with Crippen molar-refractivity contribution in [2.24, 2.45) is 0 Å². The van der Waals surface area contributed by atoms with Gasteiger partial charge in [0.25, 0.3) is 11.8 Å². The quantitative estimate of drug-likeness (QED) is 0.666. The van der Waals surface area contributed by atoms with Crippen LogP contribution in [0.15, 0.2) is 24.3 Å². The van der Waals surface area contributed by atoms with Crippen molar-refractivity contribution in [3.8, 4) is 0 Å². The Bertz CT molecular complexity index is 617. The number of hydrogen-bond acceptors (Lipinski definition) is 5. The van der Waals surface area contributed by atoms with Crippen LogP contribution in [-0.4, -0.2) is 39.7 Å². The Morgan fingerprint density at radius 3 is 1.71 bits per heavy atom. The number of benzene rings is 1. The predicted molar refractivity (Wildman–Crippen MR) is 67.4 cm³/mol. The largest absolute Gasteiger partial charge is 0.464 e. The van der Waals surface area contributed by atoms with Crippen LogP contribution in [0.25, 0.3) is 0 Å². The first-order valence-electron chi connectivity index (χ1n) is 5.95. The maximum atomic E-state index is 10.9. The molecule has 21 heavy (non-hydrogen) atoms. The highest BCUT2D eigenvalue weighted by atomic mass is 16.4. The maximum Gasteiger partial charge on any atom is 0.421 e. The molecule has 2 N–H and O–H groups in total. The summed E-state index contributed by atoms with van der Waals surface area (Å²) in [5.41, 5.74) is 0.940. The molecule has 2 aliphatic heterocycles. The third-order valence-electron chi connectivity index (χ3n) is 2.89. The number of carboxylic acid groups (broad SMARTS) is 1. The second-order valence-electron chi connectivity index (χ2n) is 4.23. The zero-order chi connectivity index (χ0) is 15.6. The molecule has 108 valence electrons. The van der Waals surface area contributed by atoms with Crippen LogP contribution >= 0.6 is 0 Å². The van der Waals surface area contributed by atoms with E-state index in [2.05, 4.69) is 5.32 Å². The second kappa shape index (κ2) is 5.53. The lowest BCUT2D eigenvalue weighted by Crippen LogP contribution is -2.33. The van der Waals surface area contributed by atoms with Gasteiger partial charge in [0.2, 0.25) is 11.8 Å². The number of hydrogen-bond donors (Lipinski definition) is 2. The number of likely N-dealkylation sites (tertiary alicyclic amines) is 1. The minimum absolute atomic E-state index is 0.0190. The van der Waals surface area contributed by atoms with Gasteiger partial charge in [-0.1, -0.05) is 12.1 Å². The lowest BCUT2D eigenvalue weighted by Gasteiger charge is -2.03. The van der Waals surface area contributed by atoms with Crippen LogP contribution in [0.1, 0.15) is 33.6 Å². The number of amides is 5. The van der Waals surface area contributed by atoms with Gasteiger partial charge in [-0.05, 0) is 12.1 Å². The van der Waals surface area contributed by atoms with E-state index < -0.39 is 17.9 Å². The second-order valence-corrected chi connectivity index (χ2v) is 4.23. The SMILES string of the molecule is O=C(O)N1C(=O)CCC1=O.O=C1NC(=O)c2ccccc21. The van der Waals surface area contributed by atoms with Crippen LogP contribution in [0.5, 0.6) is 0 Å². The van der Waals surface area contributed by atoms with E-state index in [1.54, 1.807) is 24.3 Å². The molecular formula is C13H10N2O6. The summed E-state index contributed by atoms with van der Waals surface area (Å²) in [5, 5.41) is 10.4. The highest BCUT2D eigenvalue weighted by Crippen LogP contribution is 2.13. The molecule has 0 atom stereocenters. The molecule has 1 aromatic carbocycles. The summed E-state index contributed by atoms with van der Waals surface area (Å²) in [6.07, 6.45) is -1.44. The molecule has 3 rings (SSSR count). The molecule has 8 nitrogen and oxygen atoms in total. The van der Waals surface area contributed by atoms with Crippen LogP contribution in [0, 0.1) is 0 Å². The molecule has 0 unspecified atom stereocenters. The van der Waals surface area contributed by atoms with E-state index in [-0.39, 0.29) is 29.6 Å². The van der Waals surface area contributed by atoms with Crippen molar-refractivity contribution in [1.82, 2.24) is 10.2 Å². The van der Waals surface area contributed by atoms with Crippen LogP contribution < -0.4 is 5.32 Å². The van der Waals surface area contributed by atoms with Crippen molar-refractivity contribution in [2.45, 2.75) is 12.8 Å². The Hall–Kier alpha value is -3.03. The van der Waals surface area contributed by atoms with Gasteiger partial charge in [-0.2, -0.15) is 4.90 Å². The first-order chi connectivity index (χ1) is 9.91. The van der Waals surface area contributed by atoms with Crippen molar-refractivity contribution in [1.29, 1.82) is 0 Å². The fourth-order valence-electron chi connectivity index (χ4n) is 1.91. The van der Waals surface area contributed by atoms with Gasteiger partial charge in [0.15, 0.2) is 0 Å². The molecule has 1 saturated heterocycles. The van der Waals surface area contributed by atoms with E-state index in [4.69, 9.17) is 5.11 Å². The van der Waals surface area contributed by atoms with Gasteiger partial charge >= 0.3 is 6.09 Å². The lowest BCUT2D eigenvalue weighted by atomic mass is 10.1. The summed E-state index contributed by atoms with van der Waals surface area (Å²) in [6, 6.07) is 6.74.